The number of likely N-dealkylation sites (N-methyl/N-ethyl adjacent to an activating group) is 1. The van der Waals surface area contributed by atoms with E-state index < -0.39 is 0 Å². The topological polar surface area (TPSA) is 44.4 Å². The van der Waals surface area contributed by atoms with Crippen LogP contribution in [-0.4, -0.2) is 50.1 Å². The second-order valence-electron chi connectivity index (χ2n) is 3.90. The smallest absolute Gasteiger partial charge is 0.220 e. The number of hydrogen-bond donors (Lipinski definition) is 2. The highest BCUT2D eigenvalue weighted by Crippen LogP contribution is 2.04. The number of nitrogens with zero attached hydrogens (tertiary/aromatic N) is 1. The van der Waals surface area contributed by atoms with Gasteiger partial charge in [0.1, 0.15) is 0 Å². The Kier molecular flexibility index (Phi) is 4.90. The van der Waals surface area contributed by atoms with Crippen molar-refractivity contribution < 1.29 is 4.79 Å². The van der Waals surface area contributed by atoms with Crippen LogP contribution in [0.3, 0.4) is 0 Å². The minimum Gasteiger partial charge on any atom is -0.352 e. The maximum atomic E-state index is 10.9. The monoisotopic (exact) mass is 199 g/mol. The van der Waals surface area contributed by atoms with E-state index >= 15 is 0 Å². The number of amides is 1. The first-order chi connectivity index (χ1) is 6.72. The van der Waals surface area contributed by atoms with Gasteiger partial charge in [-0.25, -0.2) is 0 Å². The van der Waals surface area contributed by atoms with Gasteiger partial charge in [0.2, 0.25) is 5.91 Å². The molecule has 0 aromatic carbocycles. The lowest BCUT2D eigenvalue weighted by atomic mass is 10.2. The van der Waals surface area contributed by atoms with Crippen LogP contribution in [-0.2, 0) is 4.79 Å². The van der Waals surface area contributed by atoms with Gasteiger partial charge >= 0.3 is 0 Å². The first-order valence-corrected chi connectivity index (χ1v) is 5.41. The molecule has 0 aromatic heterocycles. The maximum Gasteiger partial charge on any atom is 0.220 e. The third kappa shape index (κ3) is 4.07. The van der Waals surface area contributed by atoms with E-state index in [1.807, 2.05) is 0 Å². The third-order valence-electron chi connectivity index (χ3n) is 2.69. The molecule has 1 fully saturated rings. The van der Waals surface area contributed by atoms with Crippen LogP contribution in [0, 0.1) is 0 Å². The largest absolute Gasteiger partial charge is 0.352 e. The van der Waals surface area contributed by atoms with Crippen molar-refractivity contribution in [2.45, 2.75) is 25.8 Å². The summed E-state index contributed by atoms with van der Waals surface area (Å²) in [6.07, 6.45) is 1.68. The summed E-state index contributed by atoms with van der Waals surface area (Å²) in [7, 11) is 2.11. The number of carbonyl (C=O) groups is 1. The van der Waals surface area contributed by atoms with E-state index in [2.05, 4.69) is 29.5 Å². The molecule has 0 aromatic rings. The SMILES string of the molecule is CCN(C)CCNCC1CCC(=O)N1. The number of hydrogen-bond acceptors (Lipinski definition) is 3. The Balaban J connectivity index is 1.96. The Morgan fingerprint density at radius 2 is 2.43 bits per heavy atom. The zero-order chi connectivity index (χ0) is 10.4. The van der Waals surface area contributed by atoms with E-state index in [4.69, 9.17) is 0 Å². The molecule has 1 unspecified atom stereocenters. The lowest BCUT2D eigenvalue weighted by Crippen LogP contribution is -2.38. The summed E-state index contributed by atoms with van der Waals surface area (Å²) < 4.78 is 0. The van der Waals surface area contributed by atoms with Crippen LogP contribution in [0.25, 0.3) is 0 Å². The molecule has 2 N–H and O–H groups in total. The molecule has 4 nitrogen and oxygen atoms in total. The van der Waals surface area contributed by atoms with Gasteiger partial charge in [0, 0.05) is 32.1 Å². The summed E-state index contributed by atoms with van der Waals surface area (Å²) in [5, 5.41) is 6.30. The van der Waals surface area contributed by atoms with Crippen molar-refractivity contribution in [1.29, 1.82) is 0 Å². The van der Waals surface area contributed by atoms with Crippen LogP contribution in [0.1, 0.15) is 19.8 Å². The predicted octanol–water partition coefficient (Wildman–Crippen LogP) is -0.194. The second-order valence-corrected chi connectivity index (χ2v) is 3.90. The molecule has 0 bridgehead atoms. The molecule has 4 heteroatoms. The molecule has 1 heterocycles. The van der Waals surface area contributed by atoms with Crippen LogP contribution in [0.4, 0.5) is 0 Å². The van der Waals surface area contributed by atoms with E-state index in [0.29, 0.717) is 12.5 Å². The lowest BCUT2D eigenvalue weighted by Gasteiger charge is -2.15. The average molecular weight is 199 g/mol. The highest BCUT2D eigenvalue weighted by molar-refractivity contribution is 5.78. The minimum atomic E-state index is 0.197. The zero-order valence-electron chi connectivity index (χ0n) is 9.18. The van der Waals surface area contributed by atoms with Crippen molar-refractivity contribution in [3.63, 3.8) is 0 Å². The third-order valence-corrected chi connectivity index (χ3v) is 2.69. The van der Waals surface area contributed by atoms with Gasteiger partial charge < -0.3 is 15.5 Å². The molecule has 14 heavy (non-hydrogen) atoms. The van der Waals surface area contributed by atoms with Crippen LogP contribution >= 0.6 is 0 Å². The van der Waals surface area contributed by atoms with Gasteiger partial charge in [-0.1, -0.05) is 6.92 Å². The Morgan fingerprint density at radius 1 is 1.64 bits per heavy atom. The fourth-order valence-electron chi connectivity index (χ4n) is 1.53. The summed E-state index contributed by atoms with van der Waals surface area (Å²) in [5.74, 6) is 0.197. The van der Waals surface area contributed by atoms with Crippen molar-refractivity contribution in [1.82, 2.24) is 15.5 Å². The Labute approximate surface area is 86.0 Å². The molecular formula is C10H21N3O. The number of rotatable bonds is 6. The molecule has 0 spiro atoms. The quantitative estimate of drug-likeness (QED) is 0.583. The fourth-order valence-corrected chi connectivity index (χ4v) is 1.53. The van der Waals surface area contributed by atoms with Crippen LogP contribution < -0.4 is 10.6 Å². The van der Waals surface area contributed by atoms with Gasteiger partial charge in [-0.3, -0.25) is 4.79 Å². The predicted molar refractivity (Wildman–Crippen MR) is 57.2 cm³/mol. The molecular weight excluding hydrogens is 178 g/mol. The Bertz CT molecular complexity index is 184. The highest BCUT2D eigenvalue weighted by Gasteiger charge is 2.19. The Morgan fingerprint density at radius 3 is 3.00 bits per heavy atom. The summed E-state index contributed by atoms with van der Waals surface area (Å²) in [6, 6.07) is 0.356. The first kappa shape index (κ1) is 11.5. The van der Waals surface area contributed by atoms with E-state index in [0.717, 1.165) is 32.6 Å². The van der Waals surface area contributed by atoms with Crippen molar-refractivity contribution in [3.8, 4) is 0 Å². The van der Waals surface area contributed by atoms with E-state index in [9.17, 15) is 4.79 Å². The molecule has 0 aliphatic carbocycles. The average Bonchev–Trinajstić information content (AvgIpc) is 2.58. The standard InChI is InChI=1S/C10H21N3O/c1-3-13(2)7-6-11-8-9-4-5-10(14)12-9/h9,11H,3-8H2,1-2H3,(H,12,14). The summed E-state index contributed by atoms with van der Waals surface area (Å²) in [4.78, 5) is 13.2. The van der Waals surface area contributed by atoms with Crippen molar-refractivity contribution in [2.75, 3.05) is 33.2 Å². The van der Waals surface area contributed by atoms with Gasteiger partial charge in [0.15, 0.2) is 0 Å². The van der Waals surface area contributed by atoms with Gasteiger partial charge in [0.25, 0.3) is 0 Å². The van der Waals surface area contributed by atoms with Gasteiger partial charge in [0.05, 0.1) is 0 Å². The van der Waals surface area contributed by atoms with Crippen molar-refractivity contribution in [3.05, 3.63) is 0 Å². The molecule has 1 amide bonds. The molecule has 1 aliphatic rings. The lowest BCUT2D eigenvalue weighted by molar-refractivity contribution is -0.119. The molecule has 1 rings (SSSR count). The maximum absolute atomic E-state index is 10.9. The normalized spacial score (nSPS) is 21.6. The van der Waals surface area contributed by atoms with Gasteiger partial charge in [-0.05, 0) is 20.0 Å². The molecule has 0 saturated carbocycles. The van der Waals surface area contributed by atoms with E-state index in [1.165, 1.54) is 0 Å². The van der Waals surface area contributed by atoms with Crippen LogP contribution in [0.2, 0.25) is 0 Å². The zero-order valence-corrected chi connectivity index (χ0v) is 9.18. The van der Waals surface area contributed by atoms with Gasteiger partial charge in [-0.2, -0.15) is 0 Å². The first-order valence-electron chi connectivity index (χ1n) is 5.41. The molecule has 1 aliphatic heterocycles. The number of carbonyl (C=O) groups excluding carboxylic acids is 1. The summed E-state index contributed by atoms with van der Waals surface area (Å²) in [6.45, 7) is 6.20. The van der Waals surface area contributed by atoms with Crippen molar-refractivity contribution >= 4 is 5.91 Å². The second kappa shape index (κ2) is 5.98. The molecule has 1 atom stereocenters. The fraction of sp³-hybridized carbons (Fsp3) is 0.900. The molecule has 0 radical (unpaired) electrons. The molecule has 1 saturated heterocycles. The van der Waals surface area contributed by atoms with Crippen molar-refractivity contribution in [2.24, 2.45) is 0 Å². The number of nitrogens with one attached hydrogen (secondary N) is 2. The minimum absolute atomic E-state index is 0.197. The molecule has 82 valence electrons. The summed E-state index contributed by atoms with van der Waals surface area (Å²) >= 11 is 0. The Hall–Kier alpha value is -0.610. The van der Waals surface area contributed by atoms with E-state index in [1.54, 1.807) is 0 Å². The van der Waals surface area contributed by atoms with Crippen LogP contribution in [0.15, 0.2) is 0 Å². The highest BCUT2D eigenvalue weighted by atomic mass is 16.1. The van der Waals surface area contributed by atoms with Gasteiger partial charge in [-0.15, -0.1) is 0 Å². The summed E-state index contributed by atoms with van der Waals surface area (Å²) in [5.41, 5.74) is 0. The van der Waals surface area contributed by atoms with E-state index in [-0.39, 0.29) is 5.91 Å². The van der Waals surface area contributed by atoms with Crippen LogP contribution in [0.5, 0.6) is 0 Å².